The van der Waals surface area contributed by atoms with Crippen molar-refractivity contribution >= 4 is 6.03 Å². The van der Waals surface area contributed by atoms with Crippen LogP contribution >= 0.6 is 0 Å². The summed E-state index contributed by atoms with van der Waals surface area (Å²) in [6, 6.07) is 0.591. The van der Waals surface area contributed by atoms with Gasteiger partial charge in [0.05, 0.1) is 0 Å². The molecule has 0 aromatic heterocycles. The van der Waals surface area contributed by atoms with Crippen molar-refractivity contribution in [2.45, 2.75) is 46.6 Å². The second-order valence-corrected chi connectivity index (χ2v) is 6.08. The number of hydrogen-bond acceptors (Lipinski definition) is 2. The first-order chi connectivity index (χ1) is 8.49. The van der Waals surface area contributed by atoms with Gasteiger partial charge in [-0.1, -0.05) is 13.8 Å². The lowest BCUT2D eigenvalue weighted by Gasteiger charge is -2.35. The number of rotatable bonds is 5. The van der Waals surface area contributed by atoms with Gasteiger partial charge in [-0.05, 0) is 45.1 Å². The van der Waals surface area contributed by atoms with E-state index in [1.165, 1.54) is 19.4 Å². The normalized spacial score (nSPS) is 21.3. The van der Waals surface area contributed by atoms with Crippen molar-refractivity contribution in [3.8, 4) is 0 Å². The van der Waals surface area contributed by atoms with Crippen LogP contribution in [-0.4, -0.2) is 43.2 Å². The Bertz CT molecular complexity index is 253. The third-order valence-corrected chi connectivity index (χ3v) is 3.50. The summed E-state index contributed by atoms with van der Waals surface area (Å²) in [5.41, 5.74) is 0. The molecule has 106 valence electrons. The van der Waals surface area contributed by atoms with Crippen molar-refractivity contribution in [1.29, 1.82) is 0 Å². The zero-order chi connectivity index (χ0) is 13.5. The molecule has 0 aliphatic carbocycles. The van der Waals surface area contributed by atoms with Gasteiger partial charge in [-0.3, -0.25) is 0 Å². The minimum atomic E-state index is -0.0228. The molecule has 1 aliphatic rings. The molecule has 4 heteroatoms. The van der Waals surface area contributed by atoms with Crippen LogP contribution in [0.5, 0.6) is 0 Å². The van der Waals surface area contributed by atoms with Gasteiger partial charge in [0.25, 0.3) is 0 Å². The average Bonchev–Trinajstić information content (AvgIpc) is 2.34. The lowest BCUT2D eigenvalue weighted by Crippen LogP contribution is -2.45. The van der Waals surface area contributed by atoms with Crippen LogP contribution in [-0.2, 0) is 0 Å². The lowest BCUT2D eigenvalue weighted by atomic mass is 9.97. The predicted octanol–water partition coefficient (Wildman–Crippen LogP) is 2.06. The SMILES string of the molecule is CC(C)CNC(=O)NCC1CCCN(C(C)C)C1. The fourth-order valence-corrected chi connectivity index (χ4v) is 2.33. The highest BCUT2D eigenvalue weighted by atomic mass is 16.2. The van der Waals surface area contributed by atoms with Gasteiger partial charge in [-0.2, -0.15) is 0 Å². The number of nitrogens with one attached hydrogen (secondary N) is 2. The van der Waals surface area contributed by atoms with Gasteiger partial charge in [0, 0.05) is 25.7 Å². The number of likely N-dealkylation sites (tertiary alicyclic amines) is 1. The van der Waals surface area contributed by atoms with Gasteiger partial charge < -0.3 is 15.5 Å². The van der Waals surface area contributed by atoms with Crippen LogP contribution in [0.25, 0.3) is 0 Å². The van der Waals surface area contributed by atoms with E-state index in [2.05, 4.69) is 43.2 Å². The first-order valence-corrected chi connectivity index (χ1v) is 7.24. The van der Waals surface area contributed by atoms with Gasteiger partial charge in [-0.25, -0.2) is 4.79 Å². The smallest absolute Gasteiger partial charge is 0.314 e. The van der Waals surface area contributed by atoms with Gasteiger partial charge in [0.2, 0.25) is 0 Å². The molecule has 1 rings (SSSR count). The standard InChI is InChI=1S/C14H29N3O/c1-11(2)8-15-14(18)16-9-13-6-5-7-17(10-13)12(3)4/h11-13H,5-10H2,1-4H3,(H2,15,16,18). The number of nitrogens with zero attached hydrogens (tertiary/aromatic N) is 1. The van der Waals surface area contributed by atoms with Crippen LogP contribution in [0.2, 0.25) is 0 Å². The number of carbonyl (C=O) groups is 1. The summed E-state index contributed by atoms with van der Waals surface area (Å²) in [5, 5.41) is 5.88. The Morgan fingerprint density at radius 1 is 1.28 bits per heavy atom. The summed E-state index contributed by atoms with van der Waals surface area (Å²) in [6.45, 7) is 12.5. The predicted molar refractivity (Wildman–Crippen MR) is 75.7 cm³/mol. The molecule has 1 atom stereocenters. The van der Waals surface area contributed by atoms with Crippen LogP contribution in [0.4, 0.5) is 4.79 Å². The molecule has 4 nitrogen and oxygen atoms in total. The summed E-state index contributed by atoms with van der Waals surface area (Å²) in [7, 11) is 0. The second-order valence-electron chi connectivity index (χ2n) is 6.08. The maximum Gasteiger partial charge on any atom is 0.314 e. The minimum absolute atomic E-state index is 0.0228. The Labute approximate surface area is 111 Å². The van der Waals surface area contributed by atoms with Crippen molar-refractivity contribution < 1.29 is 4.79 Å². The molecule has 2 N–H and O–H groups in total. The van der Waals surface area contributed by atoms with Crippen LogP contribution < -0.4 is 10.6 Å². The molecule has 1 heterocycles. The number of urea groups is 1. The van der Waals surface area contributed by atoms with Crippen molar-refractivity contribution in [1.82, 2.24) is 15.5 Å². The van der Waals surface area contributed by atoms with E-state index in [-0.39, 0.29) is 6.03 Å². The molecule has 1 fully saturated rings. The van der Waals surface area contributed by atoms with Crippen molar-refractivity contribution in [3.05, 3.63) is 0 Å². The topological polar surface area (TPSA) is 44.4 Å². The molecule has 0 radical (unpaired) electrons. The van der Waals surface area contributed by atoms with Crippen molar-refractivity contribution in [3.63, 3.8) is 0 Å². The average molecular weight is 255 g/mol. The molecule has 0 aromatic rings. The zero-order valence-electron chi connectivity index (χ0n) is 12.3. The minimum Gasteiger partial charge on any atom is -0.338 e. The van der Waals surface area contributed by atoms with E-state index < -0.39 is 0 Å². The molecule has 0 spiro atoms. The van der Waals surface area contributed by atoms with E-state index in [4.69, 9.17) is 0 Å². The summed E-state index contributed by atoms with van der Waals surface area (Å²) >= 11 is 0. The summed E-state index contributed by atoms with van der Waals surface area (Å²) < 4.78 is 0. The second kappa shape index (κ2) is 7.62. The number of piperidine rings is 1. The largest absolute Gasteiger partial charge is 0.338 e. The van der Waals surface area contributed by atoms with Crippen LogP contribution in [0.15, 0.2) is 0 Å². The van der Waals surface area contributed by atoms with Gasteiger partial charge in [0.15, 0.2) is 0 Å². The van der Waals surface area contributed by atoms with E-state index in [0.717, 1.165) is 19.6 Å². The van der Waals surface area contributed by atoms with E-state index >= 15 is 0 Å². The molecule has 0 saturated carbocycles. The van der Waals surface area contributed by atoms with Gasteiger partial charge in [-0.15, -0.1) is 0 Å². The first-order valence-electron chi connectivity index (χ1n) is 7.24. The quantitative estimate of drug-likeness (QED) is 0.790. The zero-order valence-corrected chi connectivity index (χ0v) is 12.3. The Kier molecular flexibility index (Phi) is 6.47. The Morgan fingerprint density at radius 2 is 2.00 bits per heavy atom. The Morgan fingerprint density at radius 3 is 2.61 bits per heavy atom. The number of hydrogen-bond donors (Lipinski definition) is 2. The molecule has 1 unspecified atom stereocenters. The van der Waals surface area contributed by atoms with E-state index in [1.807, 2.05) is 0 Å². The van der Waals surface area contributed by atoms with E-state index in [1.54, 1.807) is 0 Å². The van der Waals surface area contributed by atoms with Crippen LogP contribution in [0.3, 0.4) is 0 Å². The maximum absolute atomic E-state index is 11.6. The number of carbonyl (C=O) groups excluding carboxylic acids is 1. The van der Waals surface area contributed by atoms with Gasteiger partial charge >= 0.3 is 6.03 Å². The molecule has 0 bridgehead atoms. The molecule has 2 amide bonds. The monoisotopic (exact) mass is 255 g/mol. The molecule has 1 aliphatic heterocycles. The highest BCUT2D eigenvalue weighted by Gasteiger charge is 2.21. The Balaban J connectivity index is 2.20. The van der Waals surface area contributed by atoms with Crippen LogP contribution in [0, 0.1) is 11.8 Å². The third-order valence-electron chi connectivity index (χ3n) is 3.50. The molecule has 0 aromatic carbocycles. The lowest BCUT2D eigenvalue weighted by molar-refractivity contribution is 0.139. The summed E-state index contributed by atoms with van der Waals surface area (Å²) in [5.74, 6) is 1.10. The highest BCUT2D eigenvalue weighted by Crippen LogP contribution is 2.17. The van der Waals surface area contributed by atoms with E-state index in [9.17, 15) is 4.79 Å². The fraction of sp³-hybridized carbons (Fsp3) is 0.929. The summed E-state index contributed by atoms with van der Waals surface area (Å²) in [4.78, 5) is 14.1. The third kappa shape index (κ3) is 5.71. The molecular formula is C14H29N3O. The van der Waals surface area contributed by atoms with E-state index in [0.29, 0.717) is 17.9 Å². The van der Waals surface area contributed by atoms with Crippen molar-refractivity contribution in [2.24, 2.45) is 11.8 Å². The molecule has 18 heavy (non-hydrogen) atoms. The van der Waals surface area contributed by atoms with Crippen LogP contribution in [0.1, 0.15) is 40.5 Å². The molecular weight excluding hydrogens is 226 g/mol. The fourth-order valence-electron chi connectivity index (χ4n) is 2.33. The maximum atomic E-state index is 11.6. The number of amides is 2. The summed E-state index contributed by atoms with van der Waals surface area (Å²) in [6.07, 6.45) is 2.48. The Hall–Kier alpha value is -0.770. The molecule has 1 saturated heterocycles. The van der Waals surface area contributed by atoms with Crippen molar-refractivity contribution in [2.75, 3.05) is 26.2 Å². The van der Waals surface area contributed by atoms with Gasteiger partial charge in [0.1, 0.15) is 0 Å². The first kappa shape index (κ1) is 15.3. The highest BCUT2D eigenvalue weighted by molar-refractivity contribution is 5.73.